The van der Waals surface area contributed by atoms with E-state index in [1.54, 1.807) is 6.07 Å². The van der Waals surface area contributed by atoms with Crippen molar-refractivity contribution >= 4 is 40.6 Å². The van der Waals surface area contributed by atoms with Gasteiger partial charge in [0, 0.05) is 17.9 Å². The Labute approximate surface area is 160 Å². The van der Waals surface area contributed by atoms with Crippen LogP contribution >= 0.6 is 12.0 Å². The molecule has 1 aliphatic rings. The van der Waals surface area contributed by atoms with Gasteiger partial charge in [-0.15, -0.1) is 5.06 Å². The van der Waals surface area contributed by atoms with Crippen LogP contribution in [0.25, 0.3) is 10.8 Å². The lowest BCUT2D eigenvalue weighted by Gasteiger charge is -2.25. The Morgan fingerprint density at radius 2 is 1.82 bits per heavy atom. The van der Waals surface area contributed by atoms with Gasteiger partial charge in [-0.25, -0.2) is 0 Å². The number of hydrogen-bond acceptors (Lipinski definition) is 6. The summed E-state index contributed by atoms with van der Waals surface area (Å²) in [6, 6.07) is 7.36. The summed E-state index contributed by atoms with van der Waals surface area (Å²) in [6.07, 6.45) is 0. The van der Waals surface area contributed by atoms with E-state index in [4.69, 9.17) is 4.74 Å². The number of imide groups is 1. The third-order valence-electron chi connectivity index (χ3n) is 3.65. The van der Waals surface area contributed by atoms with Gasteiger partial charge in [0.1, 0.15) is 12.0 Å². The van der Waals surface area contributed by atoms with Crippen LogP contribution in [-0.4, -0.2) is 35.0 Å². The molecule has 0 aliphatic carbocycles. The Hall–Kier alpha value is -3.03. The van der Waals surface area contributed by atoms with Gasteiger partial charge in [-0.3, -0.25) is 14.4 Å². The largest absolute Gasteiger partial charge is 0.470 e. The molecule has 2 aromatic rings. The molecule has 2 amide bonds. The first-order chi connectivity index (χ1) is 13.2. The molecule has 2 aromatic carbocycles. The van der Waals surface area contributed by atoms with Crippen molar-refractivity contribution in [1.29, 1.82) is 0 Å². The summed E-state index contributed by atoms with van der Waals surface area (Å²) >= 11 is -0.949. The number of hydroxylamine groups is 2. The SMILES string of the molecule is CC(=O)OCC#Cc1ccc2c3c(cccc13)C(=O)N(OSC(F)(F)F)C2=O. The number of carbonyl (C=O) groups is 3. The average molecular weight is 409 g/mol. The number of nitrogens with zero attached hydrogens (tertiary/aromatic N) is 1. The van der Waals surface area contributed by atoms with E-state index < -0.39 is 35.3 Å². The highest BCUT2D eigenvalue weighted by molar-refractivity contribution is 7.95. The van der Waals surface area contributed by atoms with Crippen molar-refractivity contribution in [2.45, 2.75) is 12.4 Å². The maximum Gasteiger partial charge on any atom is 0.470 e. The normalized spacial score (nSPS) is 13.4. The summed E-state index contributed by atoms with van der Waals surface area (Å²) < 4.78 is 46.2. The van der Waals surface area contributed by atoms with E-state index in [2.05, 4.69) is 16.1 Å². The van der Waals surface area contributed by atoms with Crippen LogP contribution in [0.4, 0.5) is 13.2 Å². The van der Waals surface area contributed by atoms with Crippen LogP contribution in [0.1, 0.15) is 33.2 Å². The van der Waals surface area contributed by atoms with E-state index in [9.17, 15) is 27.6 Å². The van der Waals surface area contributed by atoms with Gasteiger partial charge in [-0.2, -0.15) is 17.5 Å². The average Bonchev–Trinajstić information content (AvgIpc) is 2.62. The zero-order valence-corrected chi connectivity index (χ0v) is 14.9. The summed E-state index contributed by atoms with van der Waals surface area (Å²) in [4.78, 5) is 35.7. The molecule has 0 saturated heterocycles. The van der Waals surface area contributed by atoms with Crippen molar-refractivity contribution in [2.75, 3.05) is 6.61 Å². The summed E-state index contributed by atoms with van der Waals surface area (Å²) in [5, 5.41) is 0.824. The predicted octanol–water partition coefficient (Wildman–Crippen LogP) is 3.45. The molecule has 0 radical (unpaired) electrons. The minimum atomic E-state index is -4.78. The molecule has 28 heavy (non-hydrogen) atoms. The third kappa shape index (κ3) is 3.95. The van der Waals surface area contributed by atoms with Crippen molar-refractivity contribution < 1.29 is 36.6 Å². The van der Waals surface area contributed by atoms with Gasteiger partial charge >= 0.3 is 11.5 Å². The fourth-order valence-electron chi connectivity index (χ4n) is 2.60. The molecule has 0 fully saturated rings. The number of ether oxygens (including phenoxy) is 1. The van der Waals surface area contributed by atoms with Gasteiger partial charge in [0.05, 0.1) is 11.1 Å². The van der Waals surface area contributed by atoms with Gasteiger partial charge in [-0.1, -0.05) is 24.0 Å². The van der Waals surface area contributed by atoms with Gasteiger partial charge < -0.3 is 4.74 Å². The lowest BCUT2D eigenvalue weighted by atomic mass is 9.92. The number of rotatable bonds is 3. The number of alkyl halides is 3. The first kappa shape index (κ1) is 19.7. The van der Waals surface area contributed by atoms with Gasteiger partial charge in [-0.05, 0) is 23.6 Å². The van der Waals surface area contributed by atoms with E-state index in [1.807, 2.05) is 0 Å². The number of hydrogen-bond donors (Lipinski definition) is 0. The molecule has 0 atom stereocenters. The Bertz CT molecular complexity index is 1030. The molecule has 6 nitrogen and oxygen atoms in total. The number of benzene rings is 2. The predicted molar refractivity (Wildman–Crippen MR) is 92.7 cm³/mol. The molecule has 1 aliphatic heterocycles. The monoisotopic (exact) mass is 409 g/mol. The number of amides is 2. The van der Waals surface area contributed by atoms with E-state index in [1.165, 1.54) is 31.2 Å². The molecular formula is C18H10F3NO5S. The zero-order valence-electron chi connectivity index (χ0n) is 14.1. The number of esters is 1. The van der Waals surface area contributed by atoms with Gasteiger partial charge in [0.25, 0.3) is 11.8 Å². The molecular weight excluding hydrogens is 399 g/mol. The first-order valence-corrected chi connectivity index (χ1v) is 8.42. The van der Waals surface area contributed by atoms with Gasteiger partial charge in [0.2, 0.25) is 0 Å². The highest BCUT2D eigenvalue weighted by Gasteiger charge is 2.39. The van der Waals surface area contributed by atoms with Crippen LogP contribution in [0.3, 0.4) is 0 Å². The first-order valence-electron chi connectivity index (χ1n) is 7.68. The maximum absolute atomic E-state index is 12.5. The quantitative estimate of drug-likeness (QED) is 0.335. The van der Waals surface area contributed by atoms with Crippen LogP contribution in [0.15, 0.2) is 30.3 Å². The Kier molecular flexibility index (Phi) is 5.31. The molecule has 0 unspecified atom stereocenters. The molecule has 0 spiro atoms. The Morgan fingerprint density at radius 1 is 1.14 bits per heavy atom. The molecule has 1 heterocycles. The lowest BCUT2D eigenvalue weighted by molar-refractivity contribution is -0.139. The fourth-order valence-corrected chi connectivity index (χ4v) is 2.89. The fraction of sp³-hybridized carbons (Fsp3) is 0.167. The molecule has 0 bridgehead atoms. The van der Waals surface area contributed by atoms with Crippen LogP contribution < -0.4 is 0 Å². The summed E-state index contributed by atoms with van der Waals surface area (Å²) in [7, 11) is 0. The smallest absolute Gasteiger partial charge is 0.453 e. The second-order valence-electron chi connectivity index (χ2n) is 5.48. The summed E-state index contributed by atoms with van der Waals surface area (Å²) in [5.74, 6) is 2.92. The molecule has 3 rings (SSSR count). The summed E-state index contributed by atoms with van der Waals surface area (Å²) in [5.41, 5.74) is -4.29. The minimum Gasteiger partial charge on any atom is -0.453 e. The van der Waals surface area contributed by atoms with E-state index in [0.29, 0.717) is 10.9 Å². The lowest BCUT2D eigenvalue weighted by Crippen LogP contribution is -2.39. The van der Waals surface area contributed by atoms with Crippen molar-refractivity contribution in [3.63, 3.8) is 0 Å². The topological polar surface area (TPSA) is 72.9 Å². The molecule has 0 N–H and O–H groups in total. The molecule has 0 saturated carbocycles. The van der Waals surface area contributed by atoms with Crippen LogP contribution in [0.2, 0.25) is 0 Å². The van der Waals surface area contributed by atoms with Crippen LogP contribution in [0.5, 0.6) is 0 Å². The standard InChI is InChI=1S/C18H10F3NO5S/c1-10(23)26-9-3-4-11-7-8-14-15-12(11)5-2-6-13(15)16(24)22(17(14)25)27-28-18(19,20)21/h2,5-8H,9H2,1H3. The van der Waals surface area contributed by atoms with E-state index in [-0.39, 0.29) is 28.2 Å². The van der Waals surface area contributed by atoms with E-state index in [0.717, 1.165) is 0 Å². The second-order valence-corrected chi connectivity index (χ2v) is 6.26. The maximum atomic E-state index is 12.5. The Balaban J connectivity index is 2.01. The third-order valence-corrected chi connectivity index (χ3v) is 4.06. The number of carbonyl (C=O) groups excluding carboxylic acids is 3. The van der Waals surface area contributed by atoms with Gasteiger partial charge in [0.15, 0.2) is 6.61 Å². The molecule has 0 aromatic heterocycles. The van der Waals surface area contributed by atoms with Crippen molar-refractivity contribution in [2.24, 2.45) is 0 Å². The Morgan fingerprint density at radius 3 is 2.46 bits per heavy atom. The highest BCUT2D eigenvalue weighted by atomic mass is 32.2. The minimum absolute atomic E-state index is 0.0125. The number of halogens is 3. The highest BCUT2D eigenvalue weighted by Crippen LogP contribution is 2.36. The van der Waals surface area contributed by atoms with Crippen molar-refractivity contribution in [1.82, 2.24) is 5.06 Å². The summed E-state index contributed by atoms with van der Waals surface area (Å²) in [6.45, 7) is 1.11. The van der Waals surface area contributed by atoms with Crippen LogP contribution in [0, 0.1) is 11.8 Å². The van der Waals surface area contributed by atoms with Crippen molar-refractivity contribution in [3.8, 4) is 11.8 Å². The molecule has 144 valence electrons. The zero-order chi connectivity index (χ0) is 20.5. The van der Waals surface area contributed by atoms with E-state index >= 15 is 0 Å². The van der Waals surface area contributed by atoms with Crippen LogP contribution in [-0.2, 0) is 13.8 Å². The van der Waals surface area contributed by atoms with Crippen molar-refractivity contribution in [3.05, 3.63) is 47.0 Å². The second kappa shape index (κ2) is 7.53. The molecule has 10 heteroatoms.